The monoisotopic (exact) mass is 257 g/mol. The molecule has 1 aromatic carbocycles. The van der Waals surface area contributed by atoms with Crippen LogP contribution in [0.1, 0.15) is 6.42 Å². The van der Waals surface area contributed by atoms with Gasteiger partial charge in [0, 0.05) is 22.3 Å². The maximum atomic E-state index is 11.8. The molecule has 0 aliphatic heterocycles. The number of halogens is 5. The van der Waals surface area contributed by atoms with Crippen LogP contribution < -0.4 is 5.32 Å². The van der Waals surface area contributed by atoms with Crippen molar-refractivity contribution in [2.75, 3.05) is 11.9 Å². The molecule has 84 valence electrons. The Bertz CT molecular complexity index is 318. The molecular weight excluding hydrogens is 250 g/mol. The number of benzene rings is 1. The molecular formula is C9H8Cl2F3N. The summed E-state index contributed by atoms with van der Waals surface area (Å²) in [6, 6.07) is 4.55. The van der Waals surface area contributed by atoms with E-state index in [1.165, 1.54) is 18.2 Å². The lowest BCUT2D eigenvalue weighted by atomic mass is 10.3. The molecule has 0 bridgehead atoms. The van der Waals surface area contributed by atoms with E-state index in [1.54, 1.807) is 0 Å². The molecule has 0 fully saturated rings. The molecule has 1 aromatic rings. The van der Waals surface area contributed by atoms with E-state index >= 15 is 0 Å². The third kappa shape index (κ3) is 5.14. The summed E-state index contributed by atoms with van der Waals surface area (Å²) in [7, 11) is 0. The second-order valence-corrected chi connectivity index (χ2v) is 3.82. The van der Waals surface area contributed by atoms with Crippen LogP contribution >= 0.6 is 23.2 Å². The van der Waals surface area contributed by atoms with E-state index in [9.17, 15) is 13.2 Å². The van der Waals surface area contributed by atoms with Gasteiger partial charge in [-0.15, -0.1) is 0 Å². The molecule has 0 amide bonds. The molecule has 0 spiro atoms. The molecule has 0 heterocycles. The van der Waals surface area contributed by atoms with E-state index < -0.39 is 12.6 Å². The fraction of sp³-hybridized carbons (Fsp3) is 0.333. The van der Waals surface area contributed by atoms with Crippen molar-refractivity contribution >= 4 is 28.9 Å². The van der Waals surface area contributed by atoms with Gasteiger partial charge in [0.25, 0.3) is 0 Å². The van der Waals surface area contributed by atoms with E-state index in [2.05, 4.69) is 5.32 Å². The molecule has 1 nitrogen and oxygen atoms in total. The van der Waals surface area contributed by atoms with Crippen molar-refractivity contribution in [1.29, 1.82) is 0 Å². The van der Waals surface area contributed by atoms with Crippen LogP contribution in [-0.4, -0.2) is 12.7 Å². The van der Waals surface area contributed by atoms with Gasteiger partial charge in [0.05, 0.1) is 6.42 Å². The van der Waals surface area contributed by atoms with Gasteiger partial charge in [-0.3, -0.25) is 0 Å². The summed E-state index contributed by atoms with van der Waals surface area (Å²) in [5.74, 6) is 0. The molecule has 6 heteroatoms. The van der Waals surface area contributed by atoms with Crippen LogP contribution in [0.15, 0.2) is 18.2 Å². The van der Waals surface area contributed by atoms with Crippen molar-refractivity contribution in [2.45, 2.75) is 12.6 Å². The SMILES string of the molecule is FC(F)(F)CCNc1cc(Cl)cc(Cl)c1. The van der Waals surface area contributed by atoms with Gasteiger partial charge in [-0.25, -0.2) is 0 Å². The zero-order chi connectivity index (χ0) is 11.5. The molecule has 0 aliphatic carbocycles. The Morgan fingerprint density at radius 2 is 1.60 bits per heavy atom. The second-order valence-electron chi connectivity index (χ2n) is 2.95. The third-order valence-electron chi connectivity index (χ3n) is 1.60. The highest BCUT2D eigenvalue weighted by atomic mass is 35.5. The van der Waals surface area contributed by atoms with Crippen molar-refractivity contribution in [2.24, 2.45) is 0 Å². The Balaban J connectivity index is 2.51. The minimum absolute atomic E-state index is 0.194. The van der Waals surface area contributed by atoms with Gasteiger partial charge in [0.2, 0.25) is 0 Å². The zero-order valence-electron chi connectivity index (χ0n) is 7.54. The average molecular weight is 258 g/mol. The Hall–Kier alpha value is -0.610. The number of hydrogen-bond acceptors (Lipinski definition) is 1. The number of hydrogen-bond donors (Lipinski definition) is 1. The second kappa shape index (κ2) is 4.94. The van der Waals surface area contributed by atoms with Gasteiger partial charge in [0.1, 0.15) is 0 Å². The standard InChI is InChI=1S/C9H8Cl2F3N/c10-6-3-7(11)5-8(4-6)15-2-1-9(12,13)14/h3-5,15H,1-2H2. The summed E-state index contributed by atoms with van der Waals surface area (Å²) in [5.41, 5.74) is 0.483. The molecule has 0 aromatic heterocycles. The summed E-state index contributed by atoms with van der Waals surface area (Å²) in [5, 5.41) is 3.37. The number of nitrogens with one attached hydrogen (secondary N) is 1. The smallest absolute Gasteiger partial charge is 0.385 e. The van der Waals surface area contributed by atoms with Gasteiger partial charge in [0.15, 0.2) is 0 Å². The lowest BCUT2D eigenvalue weighted by Crippen LogP contribution is -2.14. The quantitative estimate of drug-likeness (QED) is 0.849. The largest absolute Gasteiger partial charge is 0.390 e. The lowest BCUT2D eigenvalue weighted by Gasteiger charge is -2.09. The molecule has 0 aliphatic rings. The molecule has 0 saturated carbocycles. The molecule has 1 rings (SSSR count). The topological polar surface area (TPSA) is 12.0 Å². The zero-order valence-corrected chi connectivity index (χ0v) is 9.05. The summed E-state index contributed by atoms with van der Waals surface area (Å²) in [6.07, 6.45) is -5.05. The van der Waals surface area contributed by atoms with E-state index in [0.29, 0.717) is 15.7 Å². The fourth-order valence-corrected chi connectivity index (χ4v) is 1.53. The van der Waals surface area contributed by atoms with Crippen LogP contribution in [0, 0.1) is 0 Å². The first-order chi connectivity index (χ1) is 6.87. The van der Waals surface area contributed by atoms with Crippen molar-refractivity contribution in [3.63, 3.8) is 0 Å². The lowest BCUT2D eigenvalue weighted by molar-refractivity contribution is -0.131. The van der Waals surface area contributed by atoms with E-state index in [4.69, 9.17) is 23.2 Å². The number of alkyl halides is 3. The van der Waals surface area contributed by atoms with Crippen LogP contribution in [0.3, 0.4) is 0 Å². The minimum atomic E-state index is -4.16. The Morgan fingerprint density at radius 3 is 2.07 bits per heavy atom. The van der Waals surface area contributed by atoms with Gasteiger partial charge in [-0.1, -0.05) is 23.2 Å². The van der Waals surface area contributed by atoms with Crippen molar-refractivity contribution in [1.82, 2.24) is 0 Å². The fourth-order valence-electron chi connectivity index (χ4n) is 1.00. The maximum absolute atomic E-state index is 11.8. The third-order valence-corrected chi connectivity index (χ3v) is 2.04. The van der Waals surface area contributed by atoms with Crippen LogP contribution in [0.4, 0.5) is 18.9 Å². The Morgan fingerprint density at radius 1 is 1.07 bits per heavy atom. The van der Waals surface area contributed by atoms with Crippen LogP contribution in [-0.2, 0) is 0 Å². The van der Waals surface area contributed by atoms with Crippen molar-refractivity contribution in [3.05, 3.63) is 28.2 Å². The first-order valence-corrected chi connectivity index (χ1v) is 4.89. The van der Waals surface area contributed by atoms with Gasteiger partial charge < -0.3 is 5.32 Å². The van der Waals surface area contributed by atoms with Gasteiger partial charge in [-0.05, 0) is 18.2 Å². The van der Waals surface area contributed by atoms with E-state index in [-0.39, 0.29) is 6.54 Å². The first-order valence-electron chi connectivity index (χ1n) is 4.13. The molecule has 0 unspecified atom stereocenters. The summed E-state index contributed by atoms with van der Waals surface area (Å²) < 4.78 is 35.5. The Kier molecular flexibility index (Phi) is 4.11. The van der Waals surface area contributed by atoms with Crippen molar-refractivity contribution in [3.8, 4) is 0 Å². The number of rotatable bonds is 3. The van der Waals surface area contributed by atoms with Gasteiger partial charge in [-0.2, -0.15) is 13.2 Å². The summed E-state index contributed by atoms with van der Waals surface area (Å²) in [6.45, 7) is -0.194. The molecule has 0 radical (unpaired) electrons. The first kappa shape index (κ1) is 12.5. The predicted molar refractivity (Wildman–Crippen MR) is 55.6 cm³/mol. The van der Waals surface area contributed by atoms with Crippen LogP contribution in [0.5, 0.6) is 0 Å². The van der Waals surface area contributed by atoms with Crippen molar-refractivity contribution < 1.29 is 13.2 Å². The highest BCUT2D eigenvalue weighted by molar-refractivity contribution is 6.35. The minimum Gasteiger partial charge on any atom is -0.385 e. The van der Waals surface area contributed by atoms with Crippen LogP contribution in [0.25, 0.3) is 0 Å². The maximum Gasteiger partial charge on any atom is 0.390 e. The van der Waals surface area contributed by atoms with Gasteiger partial charge >= 0.3 is 6.18 Å². The molecule has 0 atom stereocenters. The molecule has 1 N–H and O–H groups in total. The highest BCUT2D eigenvalue weighted by Crippen LogP contribution is 2.23. The van der Waals surface area contributed by atoms with Crippen LogP contribution in [0.2, 0.25) is 10.0 Å². The molecule has 0 saturated heterocycles. The summed E-state index contributed by atoms with van der Waals surface area (Å²) in [4.78, 5) is 0. The molecule has 15 heavy (non-hydrogen) atoms. The average Bonchev–Trinajstić information content (AvgIpc) is 1.99. The highest BCUT2D eigenvalue weighted by Gasteiger charge is 2.26. The normalized spacial score (nSPS) is 11.5. The number of anilines is 1. The van der Waals surface area contributed by atoms with E-state index in [1.807, 2.05) is 0 Å². The van der Waals surface area contributed by atoms with E-state index in [0.717, 1.165) is 0 Å². The Labute approximate surface area is 95.2 Å². The summed E-state index contributed by atoms with van der Waals surface area (Å²) >= 11 is 11.3. The predicted octanol–water partition coefficient (Wildman–Crippen LogP) is 4.36.